The molecular formula is C10H22N2OS. The second-order valence-electron chi connectivity index (χ2n) is 3.78. The van der Waals surface area contributed by atoms with Gasteiger partial charge in [-0.3, -0.25) is 0 Å². The molecule has 0 rings (SSSR count). The standard InChI is InChI=1S/C10H22N2OS/c1-9(8-10(11)14)12(2)6-4-3-5-7-13/h9,13H,3-8H2,1-2H3,(H2,11,14). The Kier molecular flexibility index (Phi) is 8.04. The molecule has 0 aliphatic rings. The highest BCUT2D eigenvalue weighted by molar-refractivity contribution is 7.80. The Morgan fingerprint density at radius 2 is 2.07 bits per heavy atom. The van der Waals surface area contributed by atoms with E-state index in [9.17, 15) is 0 Å². The fraction of sp³-hybridized carbons (Fsp3) is 0.900. The van der Waals surface area contributed by atoms with E-state index < -0.39 is 0 Å². The Bertz CT molecular complexity index is 164. The molecule has 3 nitrogen and oxygen atoms in total. The Hall–Kier alpha value is -0.190. The molecule has 1 atom stereocenters. The van der Waals surface area contributed by atoms with E-state index in [1.165, 1.54) is 0 Å². The Labute approximate surface area is 92.3 Å². The number of hydrogen-bond donors (Lipinski definition) is 2. The van der Waals surface area contributed by atoms with E-state index in [4.69, 9.17) is 23.1 Å². The summed E-state index contributed by atoms with van der Waals surface area (Å²) in [5, 5.41) is 8.61. The molecule has 4 heteroatoms. The summed E-state index contributed by atoms with van der Waals surface area (Å²) < 4.78 is 0. The van der Waals surface area contributed by atoms with Crippen molar-refractivity contribution in [2.24, 2.45) is 5.73 Å². The van der Waals surface area contributed by atoms with Gasteiger partial charge in [-0.05, 0) is 39.8 Å². The van der Waals surface area contributed by atoms with Crippen molar-refractivity contribution in [3.8, 4) is 0 Å². The van der Waals surface area contributed by atoms with Crippen LogP contribution in [0.5, 0.6) is 0 Å². The predicted octanol–water partition coefficient (Wildman–Crippen LogP) is 1.15. The molecule has 0 aromatic heterocycles. The maximum atomic E-state index is 8.61. The minimum absolute atomic E-state index is 0.298. The lowest BCUT2D eigenvalue weighted by Crippen LogP contribution is -2.33. The molecule has 0 heterocycles. The van der Waals surface area contributed by atoms with Gasteiger partial charge in [-0.25, -0.2) is 0 Å². The van der Waals surface area contributed by atoms with Crippen LogP contribution in [0.25, 0.3) is 0 Å². The summed E-state index contributed by atoms with van der Waals surface area (Å²) in [5.41, 5.74) is 5.48. The summed E-state index contributed by atoms with van der Waals surface area (Å²) in [5.74, 6) is 0. The monoisotopic (exact) mass is 218 g/mol. The molecule has 3 N–H and O–H groups in total. The summed E-state index contributed by atoms with van der Waals surface area (Å²) in [6, 6.07) is 0.418. The lowest BCUT2D eigenvalue weighted by Gasteiger charge is -2.24. The number of unbranched alkanes of at least 4 members (excludes halogenated alkanes) is 2. The Morgan fingerprint density at radius 3 is 2.57 bits per heavy atom. The van der Waals surface area contributed by atoms with Crippen LogP contribution in [0, 0.1) is 0 Å². The molecule has 0 aliphatic carbocycles. The number of rotatable bonds is 8. The fourth-order valence-electron chi connectivity index (χ4n) is 1.32. The van der Waals surface area contributed by atoms with Crippen molar-refractivity contribution in [2.75, 3.05) is 20.2 Å². The zero-order valence-electron chi connectivity index (χ0n) is 9.20. The van der Waals surface area contributed by atoms with Crippen molar-refractivity contribution in [3.63, 3.8) is 0 Å². The second-order valence-corrected chi connectivity index (χ2v) is 4.31. The molecule has 0 aliphatic heterocycles. The summed E-state index contributed by atoms with van der Waals surface area (Å²) >= 11 is 4.86. The summed E-state index contributed by atoms with van der Waals surface area (Å²) in [4.78, 5) is 2.84. The van der Waals surface area contributed by atoms with Gasteiger partial charge in [-0.15, -0.1) is 0 Å². The van der Waals surface area contributed by atoms with Gasteiger partial charge in [0.2, 0.25) is 0 Å². The van der Waals surface area contributed by atoms with E-state index in [-0.39, 0.29) is 0 Å². The minimum Gasteiger partial charge on any atom is -0.396 e. The van der Waals surface area contributed by atoms with Crippen molar-refractivity contribution in [3.05, 3.63) is 0 Å². The van der Waals surface area contributed by atoms with Crippen LogP contribution >= 0.6 is 12.2 Å². The summed E-state index contributed by atoms with van der Waals surface area (Å²) in [6.45, 7) is 3.47. The van der Waals surface area contributed by atoms with Crippen LogP contribution in [0.15, 0.2) is 0 Å². The zero-order chi connectivity index (χ0) is 11.0. The van der Waals surface area contributed by atoms with E-state index >= 15 is 0 Å². The van der Waals surface area contributed by atoms with E-state index in [2.05, 4.69) is 18.9 Å². The molecule has 1 unspecified atom stereocenters. The molecular weight excluding hydrogens is 196 g/mol. The number of aliphatic hydroxyl groups excluding tert-OH is 1. The molecule has 0 fully saturated rings. The molecule has 0 radical (unpaired) electrons. The van der Waals surface area contributed by atoms with Gasteiger partial charge < -0.3 is 15.7 Å². The number of hydrogen-bond acceptors (Lipinski definition) is 3. The van der Waals surface area contributed by atoms with Crippen LogP contribution in [0.2, 0.25) is 0 Å². The van der Waals surface area contributed by atoms with E-state index in [1.807, 2.05) is 0 Å². The van der Waals surface area contributed by atoms with Gasteiger partial charge >= 0.3 is 0 Å². The van der Waals surface area contributed by atoms with Crippen LogP contribution in [0.4, 0.5) is 0 Å². The fourth-order valence-corrected chi connectivity index (χ4v) is 1.56. The van der Waals surface area contributed by atoms with Crippen LogP contribution < -0.4 is 5.73 Å². The number of thiocarbonyl (C=S) groups is 1. The molecule has 0 amide bonds. The molecule has 0 bridgehead atoms. The third-order valence-corrected chi connectivity index (χ3v) is 2.58. The molecule has 0 aromatic rings. The van der Waals surface area contributed by atoms with Gasteiger partial charge in [-0.1, -0.05) is 12.2 Å². The highest BCUT2D eigenvalue weighted by Crippen LogP contribution is 2.04. The third kappa shape index (κ3) is 7.24. The third-order valence-electron chi connectivity index (χ3n) is 2.42. The highest BCUT2D eigenvalue weighted by atomic mass is 32.1. The molecule has 0 spiro atoms. The maximum absolute atomic E-state index is 8.61. The average molecular weight is 218 g/mol. The van der Waals surface area contributed by atoms with E-state index in [0.29, 0.717) is 17.6 Å². The first kappa shape index (κ1) is 13.8. The molecule has 0 aromatic carbocycles. The first-order valence-electron chi connectivity index (χ1n) is 5.17. The van der Waals surface area contributed by atoms with E-state index in [1.54, 1.807) is 0 Å². The van der Waals surface area contributed by atoms with Gasteiger partial charge in [0.15, 0.2) is 0 Å². The average Bonchev–Trinajstić information content (AvgIpc) is 2.11. The van der Waals surface area contributed by atoms with Crippen LogP contribution in [-0.4, -0.2) is 41.2 Å². The number of nitrogens with two attached hydrogens (primary N) is 1. The smallest absolute Gasteiger partial charge is 0.0742 e. The van der Waals surface area contributed by atoms with Crippen LogP contribution in [0.3, 0.4) is 0 Å². The Morgan fingerprint density at radius 1 is 1.43 bits per heavy atom. The first-order valence-corrected chi connectivity index (χ1v) is 5.58. The Balaban J connectivity index is 3.51. The molecule has 84 valence electrons. The first-order chi connectivity index (χ1) is 6.57. The summed E-state index contributed by atoms with van der Waals surface area (Å²) in [6.07, 6.45) is 3.89. The molecule has 14 heavy (non-hydrogen) atoms. The predicted molar refractivity (Wildman–Crippen MR) is 64.4 cm³/mol. The molecule has 0 saturated heterocycles. The zero-order valence-corrected chi connectivity index (χ0v) is 10.0. The SMILES string of the molecule is CC(CC(N)=S)N(C)CCCCCO. The maximum Gasteiger partial charge on any atom is 0.0742 e. The lowest BCUT2D eigenvalue weighted by atomic mass is 10.2. The van der Waals surface area contributed by atoms with Crippen LogP contribution in [0.1, 0.15) is 32.6 Å². The van der Waals surface area contributed by atoms with Gasteiger partial charge in [-0.2, -0.15) is 0 Å². The van der Waals surface area contributed by atoms with Gasteiger partial charge in [0.05, 0.1) is 4.99 Å². The van der Waals surface area contributed by atoms with Crippen molar-refractivity contribution in [1.82, 2.24) is 4.90 Å². The van der Waals surface area contributed by atoms with Crippen molar-refractivity contribution >= 4 is 17.2 Å². The number of aliphatic hydroxyl groups is 1. The summed E-state index contributed by atoms with van der Waals surface area (Å²) in [7, 11) is 2.09. The quantitative estimate of drug-likeness (QED) is 0.474. The second kappa shape index (κ2) is 8.15. The molecule has 0 saturated carbocycles. The van der Waals surface area contributed by atoms with E-state index in [0.717, 1.165) is 32.2 Å². The van der Waals surface area contributed by atoms with Gasteiger partial charge in [0.25, 0.3) is 0 Å². The topological polar surface area (TPSA) is 49.5 Å². The van der Waals surface area contributed by atoms with Crippen molar-refractivity contribution in [2.45, 2.75) is 38.6 Å². The van der Waals surface area contributed by atoms with Gasteiger partial charge in [0.1, 0.15) is 0 Å². The van der Waals surface area contributed by atoms with Gasteiger partial charge in [0, 0.05) is 19.1 Å². The largest absolute Gasteiger partial charge is 0.396 e. The highest BCUT2D eigenvalue weighted by Gasteiger charge is 2.09. The van der Waals surface area contributed by atoms with Crippen molar-refractivity contribution < 1.29 is 5.11 Å². The lowest BCUT2D eigenvalue weighted by molar-refractivity contribution is 0.246. The number of nitrogens with zero attached hydrogens (tertiary/aromatic N) is 1. The minimum atomic E-state index is 0.298. The van der Waals surface area contributed by atoms with Crippen LogP contribution in [-0.2, 0) is 0 Å². The normalized spacial score (nSPS) is 13.1. The van der Waals surface area contributed by atoms with Crippen molar-refractivity contribution in [1.29, 1.82) is 0 Å².